The highest BCUT2D eigenvalue weighted by Gasteiger charge is 2.51. The van der Waals surface area contributed by atoms with E-state index in [1.165, 1.54) is 13.1 Å². The predicted octanol–water partition coefficient (Wildman–Crippen LogP) is 0.523. The summed E-state index contributed by atoms with van der Waals surface area (Å²) in [7, 11) is 0. The van der Waals surface area contributed by atoms with Gasteiger partial charge in [0, 0.05) is 38.4 Å². The Morgan fingerprint density at radius 2 is 1.67 bits per heavy atom. The van der Waals surface area contributed by atoms with Crippen molar-refractivity contribution in [3.05, 3.63) is 63.1 Å². The highest BCUT2D eigenvalue weighted by atomic mass is 16.7. The number of carbonyl (C=O) groups is 3. The zero-order chi connectivity index (χ0) is 26.0. The largest absolute Gasteiger partial charge is 0.463 e. The number of ether oxygens (including phenoxy) is 4. The topological polar surface area (TPSA) is 158 Å². The van der Waals surface area contributed by atoms with Crippen LogP contribution in [0.2, 0.25) is 0 Å². The molecule has 0 amide bonds. The van der Waals surface area contributed by atoms with Gasteiger partial charge in [0.1, 0.15) is 18.4 Å². The number of carbonyl (C=O) groups excluding carboxylic acids is 3. The van der Waals surface area contributed by atoms with Crippen molar-refractivity contribution in [1.82, 2.24) is 14.3 Å². The molecular formula is C23H23N3O10. The molecular weight excluding hydrogens is 478 g/mol. The molecule has 0 spiro atoms. The summed E-state index contributed by atoms with van der Waals surface area (Å²) in [5, 5.41) is 4.59. The lowest BCUT2D eigenvalue weighted by Crippen LogP contribution is -2.45. The van der Waals surface area contributed by atoms with Crippen molar-refractivity contribution in [3.63, 3.8) is 0 Å². The van der Waals surface area contributed by atoms with Crippen molar-refractivity contribution in [3.8, 4) is 0 Å². The van der Waals surface area contributed by atoms with Crippen molar-refractivity contribution >= 4 is 28.9 Å². The maximum atomic E-state index is 13.4. The number of fused-ring (bicyclic) bond motifs is 1. The third-order valence-electron chi connectivity index (χ3n) is 5.47. The molecule has 0 aliphatic carbocycles. The lowest BCUT2D eigenvalue weighted by Gasteiger charge is -2.24. The molecule has 4 rings (SSSR count). The van der Waals surface area contributed by atoms with Gasteiger partial charge in [-0.1, -0.05) is 17.3 Å². The molecule has 0 saturated carbocycles. The molecule has 1 aliphatic heterocycles. The third kappa shape index (κ3) is 5.05. The maximum Gasteiger partial charge on any atom is 0.333 e. The molecule has 13 nitrogen and oxygen atoms in total. The van der Waals surface area contributed by atoms with Gasteiger partial charge in [-0.05, 0) is 12.1 Å². The van der Waals surface area contributed by atoms with E-state index in [-0.39, 0.29) is 13.2 Å². The van der Waals surface area contributed by atoms with E-state index in [0.29, 0.717) is 16.7 Å². The summed E-state index contributed by atoms with van der Waals surface area (Å²) in [5.41, 5.74) is -0.565. The van der Waals surface area contributed by atoms with Gasteiger partial charge >= 0.3 is 23.6 Å². The Balaban J connectivity index is 1.74. The normalized spacial score (nSPS) is 21.3. The molecule has 1 aliphatic rings. The second-order valence-corrected chi connectivity index (χ2v) is 8.07. The van der Waals surface area contributed by atoms with E-state index in [9.17, 15) is 24.0 Å². The van der Waals surface area contributed by atoms with Gasteiger partial charge in [0.2, 0.25) is 0 Å². The van der Waals surface area contributed by atoms with Crippen LogP contribution in [-0.4, -0.2) is 57.1 Å². The predicted molar refractivity (Wildman–Crippen MR) is 120 cm³/mol. The lowest BCUT2D eigenvalue weighted by atomic mass is 10.1. The van der Waals surface area contributed by atoms with Crippen LogP contribution >= 0.6 is 0 Å². The van der Waals surface area contributed by atoms with E-state index in [0.717, 1.165) is 29.0 Å². The number of hydrogen-bond donors (Lipinski definition) is 0. The molecule has 3 unspecified atom stereocenters. The second kappa shape index (κ2) is 10.2. The maximum absolute atomic E-state index is 13.4. The highest BCUT2D eigenvalue weighted by Crippen LogP contribution is 2.33. The molecule has 13 heteroatoms. The number of aromatic nitrogens is 3. The number of hydrogen-bond acceptors (Lipinski definition) is 11. The first-order valence-electron chi connectivity index (χ1n) is 10.9. The molecule has 1 saturated heterocycles. The van der Waals surface area contributed by atoms with Gasteiger partial charge in [0.25, 0.3) is 5.56 Å². The molecule has 3 heterocycles. The first kappa shape index (κ1) is 24.9. The molecule has 2 aromatic heterocycles. The fourth-order valence-corrected chi connectivity index (χ4v) is 3.99. The summed E-state index contributed by atoms with van der Waals surface area (Å²) < 4.78 is 28.8. The van der Waals surface area contributed by atoms with Crippen molar-refractivity contribution < 1.29 is 37.9 Å². The van der Waals surface area contributed by atoms with Crippen molar-refractivity contribution in [1.29, 1.82) is 0 Å². The molecule has 0 N–H and O–H groups in total. The van der Waals surface area contributed by atoms with Crippen LogP contribution in [0.15, 0.2) is 50.6 Å². The zero-order valence-electron chi connectivity index (χ0n) is 19.6. The Morgan fingerprint density at radius 1 is 0.972 bits per heavy atom. The van der Waals surface area contributed by atoms with Crippen LogP contribution in [0.5, 0.6) is 0 Å². The number of nitrogens with zero attached hydrogens (tertiary/aromatic N) is 3. The molecule has 1 fully saturated rings. The summed E-state index contributed by atoms with van der Waals surface area (Å²) in [6.45, 7) is 2.94. The minimum Gasteiger partial charge on any atom is -0.463 e. The van der Waals surface area contributed by atoms with Crippen LogP contribution < -0.4 is 11.2 Å². The summed E-state index contributed by atoms with van der Waals surface area (Å²) in [5.74, 6) is -2.04. The monoisotopic (exact) mass is 501 g/mol. The van der Waals surface area contributed by atoms with Gasteiger partial charge in [-0.15, -0.1) is 0 Å². The molecule has 0 bridgehead atoms. The van der Waals surface area contributed by atoms with Gasteiger partial charge < -0.3 is 23.5 Å². The van der Waals surface area contributed by atoms with Crippen molar-refractivity contribution in [2.45, 2.75) is 51.9 Å². The standard InChI is InChI=1S/C23H23N3O10/c1-12(27)32-11-18-20(33-13(2)28)21(34-14(3)29)22(35-18)25-9-8-19(30)26(23(25)31)10-16-15-6-4-5-7-17(15)36-24-16/h4-9,18,20-22H,10-11H2,1-3H3/t18?,20?,21-,22?/m0/s1. The quantitative estimate of drug-likeness (QED) is 0.328. The smallest absolute Gasteiger partial charge is 0.333 e. The number of benzene rings is 1. The fourth-order valence-electron chi connectivity index (χ4n) is 3.99. The first-order chi connectivity index (χ1) is 17.2. The highest BCUT2D eigenvalue weighted by molar-refractivity contribution is 5.79. The molecule has 36 heavy (non-hydrogen) atoms. The second-order valence-electron chi connectivity index (χ2n) is 8.07. The van der Waals surface area contributed by atoms with Crippen LogP contribution in [0.1, 0.15) is 32.7 Å². The van der Waals surface area contributed by atoms with E-state index >= 15 is 0 Å². The molecule has 1 aromatic carbocycles. The van der Waals surface area contributed by atoms with Gasteiger partial charge in [-0.2, -0.15) is 0 Å². The fraction of sp³-hybridized carbons (Fsp3) is 0.391. The molecule has 3 aromatic rings. The van der Waals surface area contributed by atoms with E-state index in [4.69, 9.17) is 23.5 Å². The first-order valence-corrected chi connectivity index (χ1v) is 10.9. The molecule has 190 valence electrons. The van der Waals surface area contributed by atoms with Crippen molar-refractivity contribution in [2.24, 2.45) is 0 Å². The summed E-state index contributed by atoms with van der Waals surface area (Å²) >= 11 is 0. The summed E-state index contributed by atoms with van der Waals surface area (Å²) in [6, 6.07) is 8.11. The van der Waals surface area contributed by atoms with Crippen molar-refractivity contribution in [2.75, 3.05) is 6.61 Å². The van der Waals surface area contributed by atoms with E-state index in [1.54, 1.807) is 24.3 Å². The van der Waals surface area contributed by atoms with Gasteiger partial charge in [0.05, 0.1) is 6.54 Å². The van der Waals surface area contributed by atoms with Gasteiger partial charge in [-0.3, -0.25) is 28.3 Å². The van der Waals surface area contributed by atoms with E-state index in [1.807, 2.05) is 0 Å². The van der Waals surface area contributed by atoms with Gasteiger partial charge in [-0.25, -0.2) is 4.79 Å². The van der Waals surface area contributed by atoms with Gasteiger partial charge in [0.15, 0.2) is 24.0 Å². The Hall–Kier alpha value is -4.26. The van der Waals surface area contributed by atoms with E-state index < -0.39 is 53.7 Å². The van der Waals surface area contributed by atoms with Crippen LogP contribution in [0.25, 0.3) is 11.0 Å². The number of para-hydroxylation sites is 1. The van der Waals surface area contributed by atoms with Crippen LogP contribution in [0, 0.1) is 0 Å². The summed E-state index contributed by atoms with van der Waals surface area (Å²) in [4.78, 5) is 61.0. The average Bonchev–Trinajstić information content (AvgIpc) is 3.36. The average molecular weight is 501 g/mol. The Bertz CT molecular complexity index is 1420. The Kier molecular flexibility index (Phi) is 7.01. The Morgan fingerprint density at radius 3 is 2.36 bits per heavy atom. The molecule has 4 atom stereocenters. The Labute approximate surface area is 203 Å². The molecule has 0 radical (unpaired) electrons. The van der Waals surface area contributed by atoms with Crippen LogP contribution in [0.3, 0.4) is 0 Å². The van der Waals surface area contributed by atoms with Crippen LogP contribution in [0.4, 0.5) is 0 Å². The number of esters is 3. The van der Waals surface area contributed by atoms with Crippen LogP contribution in [-0.2, 0) is 39.9 Å². The minimum absolute atomic E-state index is 0.204. The third-order valence-corrected chi connectivity index (χ3v) is 5.47. The zero-order valence-corrected chi connectivity index (χ0v) is 19.6. The minimum atomic E-state index is -1.30. The number of rotatable bonds is 7. The lowest BCUT2D eigenvalue weighted by molar-refractivity contribution is -0.166. The SMILES string of the molecule is CC(=O)OCC1OC(n2ccc(=O)n(Cc3noc4ccccc34)c2=O)[C@@H](OC(C)=O)C1OC(C)=O. The summed E-state index contributed by atoms with van der Waals surface area (Å²) in [6.07, 6.45) is -3.64. The van der Waals surface area contributed by atoms with E-state index in [2.05, 4.69) is 5.16 Å².